The van der Waals surface area contributed by atoms with E-state index in [4.69, 9.17) is 5.73 Å². The zero-order valence-corrected chi connectivity index (χ0v) is 11.6. The molecule has 0 radical (unpaired) electrons. The molecule has 6 heteroatoms. The lowest BCUT2D eigenvalue weighted by Crippen LogP contribution is -2.55. The van der Waals surface area contributed by atoms with E-state index in [0.717, 1.165) is 6.20 Å². The molecule has 0 saturated carbocycles. The highest BCUT2D eigenvalue weighted by Gasteiger charge is 2.29. The van der Waals surface area contributed by atoms with Crippen LogP contribution < -0.4 is 11.1 Å². The predicted octanol–water partition coefficient (Wildman–Crippen LogP) is 1.75. The number of halogens is 2. The van der Waals surface area contributed by atoms with Gasteiger partial charge in [0.05, 0.1) is 11.7 Å². The van der Waals surface area contributed by atoms with Crippen LogP contribution >= 0.6 is 12.4 Å². The molecule has 1 unspecified atom stereocenters. The summed E-state index contributed by atoms with van der Waals surface area (Å²) < 4.78 is 12.7. The first-order valence-electron chi connectivity index (χ1n) is 5.53. The fourth-order valence-electron chi connectivity index (χ4n) is 1.26. The fraction of sp³-hybridized carbons (Fsp3) is 0.500. The van der Waals surface area contributed by atoms with Gasteiger partial charge in [-0.2, -0.15) is 0 Å². The zero-order chi connectivity index (χ0) is 13.1. The Balaban J connectivity index is 0.00000289. The summed E-state index contributed by atoms with van der Waals surface area (Å²) in [7, 11) is 0. The number of carbonyl (C=O) groups is 1. The Kier molecular flexibility index (Phi) is 6.21. The van der Waals surface area contributed by atoms with Gasteiger partial charge in [-0.05, 0) is 25.0 Å². The van der Waals surface area contributed by atoms with Crippen LogP contribution in [0.5, 0.6) is 0 Å². The molecule has 0 saturated heterocycles. The van der Waals surface area contributed by atoms with Gasteiger partial charge in [-0.25, -0.2) is 9.37 Å². The van der Waals surface area contributed by atoms with E-state index < -0.39 is 11.4 Å². The van der Waals surface area contributed by atoms with E-state index in [1.165, 1.54) is 12.1 Å². The maximum absolute atomic E-state index is 12.7. The largest absolute Gasteiger partial charge is 0.344 e. The van der Waals surface area contributed by atoms with E-state index in [1.807, 2.05) is 20.8 Å². The average molecular weight is 276 g/mol. The number of aromatic nitrogens is 1. The Bertz CT molecular complexity index is 397. The van der Waals surface area contributed by atoms with Crippen molar-refractivity contribution < 1.29 is 9.18 Å². The third-order valence-corrected chi connectivity index (χ3v) is 3.06. The molecule has 0 fully saturated rings. The molecule has 0 spiro atoms. The van der Waals surface area contributed by atoms with E-state index in [1.54, 1.807) is 0 Å². The van der Waals surface area contributed by atoms with E-state index in [2.05, 4.69) is 10.3 Å². The number of carbonyl (C=O) groups excluding carboxylic acids is 1. The van der Waals surface area contributed by atoms with Crippen molar-refractivity contribution in [2.75, 3.05) is 6.54 Å². The highest BCUT2D eigenvalue weighted by Crippen LogP contribution is 2.15. The molecule has 1 aromatic heterocycles. The fourth-order valence-corrected chi connectivity index (χ4v) is 1.26. The third-order valence-electron chi connectivity index (χ3n) is 3.06. The summed E-state index contributed by atoms with van der Waals surface area (Å²) in [6.07, 6.45) is 1.02. The maximum Gasteiger partial charge on any atom is 0.270 e. The normalized spacial score (nSPS) is 13.7. The molecule has 3 N–H and O–H groups in total. The van der Waals surface area contributed by atoms with Crippen LogP contribution in [0.4, 0.5) is 4.39 Å². The highest BCUT2D eigenvalue weighted by atomic mass is 35.5. The van der Waals surface area contributed by atoms with Crippen molar-refractivity contribution in [3.63, 3.8) is 0 Å². The van der Waals surface area contributed by atoms with Gasteiger partial charge in [0.25, 0.3) is 5.91 Å². The molecular formula is C12H19ClFN3O. The zero-order valence-electron chi connectivity index (χ0n) is 10.7. The van der Waals surface area contributed by atoms with Crippen LogP contribution in [0.1, 0.15) is 31.3 Å². The lowest BCUT2D eigenvalue weighted by molar-refractivity contribution is 0.0878. The quantitative estimate of drug-likeness (QED) is 0.880. The molecule has 0 bridgehead atoms. The van der Waals surface area contributed by atoms with Gasteiger partial charge in [-0.15, -0.1) is 12.4 Å². The van der Waals surface area contributed by atoms with Gasteiger partial charge in [0.2, 0.25) is 0 Å². The Morgan fingerprint density at radius 2 is 2.17 bits per heavy atom. The first-order valence-corrected chi connectivity index (χ1v) is 5.53. The van der Waals surface area contributed by atoms with Crippen molar-refractivity contribution in [3.05, 3.63) is 29.8 Å². The Morgan fingerprint density at radius 3 is 2.56 bits per heavy atom. The molecule has 4 nitrogen and oxygen atoms in total. The Morgan fingerprint density at radius 1 is 1.56 bits per heavy atom. The van der Waals surface area contributed by atoms with Gasteiger partial charge in [0, 0.05) is 6.54 Å². The molecule has 1 heterocycles. The smallest absolute Gasteiger partial charge is 0.270 e. The molecule has 1 atom stereocenters. The van der Waals surface area contributed by atoms with Crippen LogP contribution in [0, 0.1) is 11.7 Å². The van der Waals surface area contributed by atoms with Crippen LogP contribution in [0.2, 0.25) is 0 Å². The molecule has 0 aliphatic carbocycles. The Labute approximate surface area is 113 Å². The SMILES string of the molecule is CC(C)C(C)(CN)NC(=O)c1ccc(F)cn1.Cl. The van der Waals surface area contributed by atoms with Gasteiger partial charge in [0.1, 0.15) is 11.5 Å². The summed E-state index contributed by atoms with van der Waals surface area (Å²) >= 11 is 0. The van der Waals surface area contributed by atoms with Crippen LogP contribution in [0.15, 0.2) is 18.3 Å². The minimum atomic E-state index is -0.493. The molecule has 1 aromatic rings. The molecular weight excluding hydrogens is 257 g/mol. The summed E-state index contributed by atoms with van der Waals surface area (Å²) in [5.41, 5.74) is 5.36. The minimum Gasteiger partial charge on any atom is -0.344 e. The summed E-state index contributed by atoms with van der Waals surface area (Å²) in [6, 6.07) is 2.55. The lowest BCUT2D eigenvalue weighted by Gasteiger charge is -2.33. The number of hydrogen-bond donors (Lipinski definition) is 2. The summed E-state index contributed by atoms with van der Waals surface area (Å²) in [5, 5.41) is 2.83. The highest BCUT2D eigenvalue weighted by molar-refractivity contribution is 5.92. The average Bonchev–Trinajstić information content (AvgIpc) is 2.29. The molecule has 18 heavy (non-hydrogen) atoms. The van der Waals surface area contributed by atoms with Crippen LogP contribution in [0.3, 0.4) is 0 Å². The van der Waals surface area contributed by atoms with Crippen molar-refractivity contribution in [1.82, 2.24) is 10.3 Å². The topological polar surface area (TPSA) is 68.0 Å². The Hall–Kier alpha value is -1.20. The van der Waals surface area contributed by atoms with Crippen LogP contribution in [-0.2, 0) is 0 Å². The van der Waals surface area contributed by atoms with Crippen molar-refractivity contribution in [1.29, 1.82) is 0 Å². The lowest BCUT2D eigenvalue weighted by atomic mass is 9.88. The number of nitrogens with zero attached hydrogens (tertiary/aromatic N) is 1. The second kappa shape index (κ2) is 6.66. The number of amides is 1. The van der Waals surface area contributed by atoms with E-state index in [9.17, 15) is 9.18 Å². The second-order valence-electron chi connectivity index (χ2n) is 4.59. The van der Waals surface area contributed by atoms with E-state index in [-0.39, 0.29) is 29.9 Å². The number of hydrogen-bond acceptors (Lipinski definition) is 3. The standard InChI is InChI=1S/C12H18FN3O.ClH/c1-8(2)12(3,7-14)16-11(17)10-5-4-9(13)6-15-10;/h4-6,8H,7,14H2,1-3H3,(H,16,17);1H. The van der Waals surface area contributed by atoms with Gasteiger partial charge in [-0.3, -0.25) is 4.79 Å². The molecule has 0 aliphatic heterocycles. The van der Waals surface area contributed by atoms with Crippen molar-refractivity contribution in [3.8, 4) is 0 Å². The molecule has 1 amide bonds. The van der Waals surface area contributed by atoms with Crippen molar-refractivity contribution in [2.24, 2.45) is 11.7 Å². The monoisotopic (exact) mass is 275 g/mol. The van der Waals surface area contributed by atoms with E-state index >= 15 is 0 Å². The number of rotatable bonds is 4. The summed E-state index contributed by atoms with van der Waals surface area (Å²) in [4.78, 5) is 15.6. The van der Waals surface area contributed by atoms with Crippen molar-refractivity contribution >= 4 is 18.3 Å². The predicted molar refractivity (Wildman–Crippen MR) is 71.2 cm³/mol. The van der Waals surface area contributed by atoms with Crippen LogP contribution in [-0.4, -0.2) is 23.0 Å². The molecule has 0 aromatic carbocycles. The number of nitrogens with one attached hydrogen (secondary N) is 1. The van der Waals surface area contributed by atoms with Crippen molar-refractivity contribution in [2.45, 2.75) is 26.3 Å². The minimum absolute atomic E-state index is 0. The van der Waals surface area contributed by atoms with Gasteiger partial charge < -0.3 is 11.1 Å². The first kappa shape index (κ1) is 16.8. The molecule has 0 aliphatic rings. The van der Waals surface area contributed by atoms with Crippen LogP contribution in [0.25, 0.3) is 0 Å². The van der Waals surface area contributed by atoms with E-state index in [0.29, 0.717) is 6.54 Å². The molecule has 1 rings (SSSR count). The summed E-state index contributed by atoms with van der Waals surface area (Å²) in [6.45, 7) is 6.16. The number of pyridine rings is 1. The maximum atomic E-state index is 12.7. The second-order valence-corrected chi connectivity index (χ2v) is 4.59. The van der Waals surface area contributed by atoms with Gasteiger partial charge >= 0.3 is 0 Å². The summed E-state index contributed by atoms with van der Waals surface area (Å²) in [5.74, 6) is -0.615. The third kappa shape index (κ3) is 3.92. The first-order chi connectivity index (χ1) is 7.89. The molecule has 102 valence electrons. The van der Waals surface area contributed by atoms with Gasteiger partial charge in [-0.1, -0.05) is 13.8 Å². The number of nitrogens with two attached hydrogens (primary N) is 1. The van der Waals surface area contributed by atoms with Gasteiger partial charge in [0.15, 0.2) is 0 Å².